The highest BCUT2D eigenvalue weighted by atomic mass is 32.2. The Labute approximate surface area is 154 Å². The zero-order valence-corrected chi connectivity index (χ0v) is 15.0. The molecular formula is C16H23N5O4S. The molecule has 0 spiro atoms. The number of aliphatic hydroxyl groups is 3. The molecule has 0 aromatic carbocycles. The van der Waals surface area contributed by atoms with E-state index in [1.165, 1.54) is 25.6 Å². The van der Waals surface area contributed by atoms with Crippen molar-refractivity contribution in [2.45, 2.75) is 67.1 Å². The van der Waals surface area contributed by atoms with E-state index in [2.05, 4.69) is 15.0 Å². The third kappa shape index (κ3) is 3.05. The van der Waals surface area contributed by atoms with E-state index in [-0.39, 0.29) is 12.4 Å². The van der Waals surface area contributed by atoms with Crippen LogP contribution in [0, 0.1) is 0 Å². The van der Waals surface area contributed by atoms with Crippen LogP contribution in [0.1, 0.15) is 38.3 Å². The number of rotatable bonds is 4. The monoisotopic (exact) mass is 381 g/mol. The molecule has 0 amide bonds. The summed E-state index contributed by atoms with van der Waals surface area (Å²) in [5.74, 6) is 0.256. The number of nitrogens with two attached hydrogens (primary N) is 1. The lowest BCUT2D eigenvalue weighted by molar-refractivity contribution is -0.0548. The summed E-state index contributed by atoms with van der Waals surface area (Å²) in [6.07, 6.45) is 3.02. The molecule has 1 aliphatic heterocycles. The summed E-state index contributed by atoms with van der Waals surface area (Å²) in [5.41, 5.74) is 6.85. The van der Waals surface area contributed by atoms with Crippen molar-refractivity contribution in [3.63, 3.8) is 0 Å². The largest absolute Gasteiger partial charge is 0.394 e. The van der Waals surface area contributed by atoms with Gasteiger partial charge in [-0.3, -0.25) is 4.57 Å². The Morgan fingerprint density at radius 1 is 1.19 bits per heavy atom. The van der Waals surface area contributed by atoms with Gasteiger partial charge in [0.15, 0.2) is 28.4 Å². The first-order valence-corrected chi connectivity index (χ1v) is 9.75. The van der Waals surface area contributed by atoms with Gasteiger partial charge in [0.25, 0.3) is 0 Å². The van der Waals surface area contributed by atoms with Crippen molar-refractivity contribution in [2.24, 2.45) is 0 Å². The molecule has 2 aromatic heterocycles. The van der Waals surface area contributed by atoms with Gasteiger partial charge in [-0.2, -0.15) is 0 Å². The highest BCUT2D eigenvalue weighted by molar-refractivity contribution is 7.99. The Hall–Kier alpha value is -1.46. The smallest absolute Gasteiger partial charge is 0.172 e. The van der Waals surface area contributed by atoms with E-state index in [0.29, 0.717) is 21.6 Å². The summed E-state index contributed by atoms with van der Waals surface area (Å²) in [7, 11) is 0. The van der Waals surface area contributed by atoms with Crippen LogP contribution in [0.3, 0.4) is 0 Å². The van der Waals surface area contributed by atoms with Crippen molar-refractivity contribution in [1.82, 2.24) is 19.5 Å². The molecule has 1 saturated heterocycles. The van der Waals surface area contributed by atoms with E-state index in [1.54, 1.807) is 16.3 Å². The van der Waals surface area contributed by atoms with Crippen molar-refractivity contribution >= 4 is 28.7 Å². The molecule has 142 valence electrons. The number of imidazole rings is 1. The number of hydrogen-bond donors (Lipinski definition) is 4. The average molecular weight is 381 g/mol. The van der Waals surface area contributed by atoms with E-state index in [0.717, 1.165) is 12.8 Å². The highest BCUT2D eigenvalue weighted by Crippen LogP contribution is 2.39. The Balaban J connectivity index is 1.76. The van der Waals surface area contributed by atoms with Crippen molar-refractivity contribution in [1.29, 1.82) is 0 Å². The van der Waals surface area contributed by atoms with Gasteiger partial charge >= 0.3 is 0 Å². The quantitative estimate of drug-likeness (QED) is 0.594. The topological polar surface area (TPSA) is 140 Å². The molecule has 1 saturated carbocycles. The number of hydrogen-bond acceptors (Lipinski definition) is 9. The van der Waals surface area contributed by atoms with Crippen LogP contribution in [-0.4, -0.2) is 65.0 Å². The summed E-state index contributed by atoms with van der Waals surface area (Å²) in [6.45, 7) is -0.385. The standard InChI is InChI=1S/C16H23N5O4S/c17-13-10-14(19-7-18-13)21(15-12(24)11(23)9(6-22)25-15)16(20-10)26-8-4-2-1-3-5-8/h7-9,11-12,15,22-24H,1-6H2,(H2,17,18,19)/t9-,11?,12?,15-/m1/s1. The fraction of sp³-hybridized carbons (Fsp3) is 0.688. The molecule has 0 radical (unpaired) electrons. The minimum absolute atomic E-state index is 0.256. The molecular weight excluding hydrogens is 358 g/mol. The molecule has 2 unspecified atom stereocenters. The summed E-state index contributed by atoms with van der Waals surface area (Å²) < 4.78 is 7.39. The Bertz CT molecular complexity index is 781. The third-order valence-corrected chi connectivity index (χ3v) is 6.37. The molecule has 26 heavy (non-hydrogen) atoms. The summed E-state index contributed by atoms with van der Waals surface area (Å²) in [6, 6.07) is 0. The number of thioether (sulfide) groups is 1. The molecule has 0 bridgehead atoms. The molecule has 2 aliphatic rings. The van der Waals surface area contributed by atoms with Crippen molar-refractivity contribution < 1.29 is 20.1 Å². The maximum atomic E-state index is 10.5. The van der Waals surface area contributed by atoms with Crippen molar-refractivity contribution in [3.8, 4) is 0 Å². The Kier molecular flexibility index (Phi) is 5.02. The summed E-state index contributed by atoms with van der Waals surface area (Å²) in [5, 5.41) is 31.0. The van der Waals surface area contributed by atoms with Gasteiger partial charge < -0.3 is 25.8 Å². The molecule has 10 heteroatoms. The molecule has 9 nitrogen and oxygen atoms in total. The number of nitrogens with zero attached hydrogens (tertiary/aromatic N) is 4. The minimum atomic E-state index is -1.20. The predicted octanol–water partition coefficient (Wildman–Crippen LogP) is 0.445. The number of ether oxygens (including phenoxy) is 1. The Morgan fingerprint density at radius 2 is 1.96 bits per heavy atom. The van der Waals surface area contributed by atoms with Gasteiger partial charge in [-0.25, -0.2) is 15.0 Å². The fourth-order valence-corrected chi connectivity index (χ4v) is 4.96. The minimum Gasteiger partial charge on any atom is -0.394 e. The number of nitrogen functional groups attached to an aromatic ring is 1. The van der Waals surface area contributed by atoms with Gasteiger partial charge in [-0.15, -0.1) is 0 Å². The van der Waals surface area contributed by atoms with Crippen molar-refractivity contribution in [3.05, 3.63) is 6.33 Å². The molecule has 2 fully saturated rings. The first-order chi connectivity index (χ1) is 12.6. The van der Waals surface area contributed by atoms with Crippen LogP contribution >= 0.6 is 11.8 Å². The molecule has 5 N–H and O–H groups in total. The number of anilines is 1. The van der Waals surface area contributed by atoms with E-state index in [9.17, 15) is 15.3 Å². The van der Waals surface area contributed by atoms with Crippen LogP contribution < -0.4 is 5.73 Å². The van der Waals surface area contributed by atoms with Gasteiger partial charge in [0.05, 0.1) is 6.61 Å². The van der Waals surface area contributed by atoms with Crippen molar-refractivity contribution in [2.75, 3.05) is 12.3 Å². The van der Waals surface area contributed by atoms with E-state index in [4.69, 9.17) is 10.5 Å². The van der Waals surface area contributed by atoms with E-state index >= 15 is 0 Å². The lowest BCUT2D eigenvalue weighted by Gasteiger charge is -2.23. The Morgan fingerprint density at radius 3 is 2.65 bits per heavy atom. The van der Waals surface area contributed by atoms with E-state index in [1.807, 2.05) is 0 Å². The van der Waals surface area contributed by atoms with Gasteiger partial charge in [-0.1, -0.05) is 31.0 Å². The van der Waals surface area contributed by atoms with Gasteiger partial charge in [0.2, 0.25) is 0 Å². The maximum Gasteiger partial charge on any atom is 0.172 e. The zero-order chi connectivity index (χ0) is 18.3. The predicted molar refractivity (Wildman–Crippen MR) is 95.5 cm³/mol. The molecule has 2 aromatic rings. The number of aliphatic hydroxyl groups excluding tert-OH is 3. The maximum absolute atomic E-state index is 10.5. The second-order valence-corrected chi connectivity index (χ2v) is 8.07. The summed E-state index contributed by atoms with van der Waals surface area (Å²) >= 11 is 1.62. The molecule has 1 aliphatic carbocycles. The SMILES string of the molecule is Nc1ncnc2c1nc(SC1CCCCC1)n2[C@@H]1O[C@H](CO)C(O)C1O. The average Bonchev–Trinajstić information content (AvgIpc) is 3.15. The number of aromatic nitrogens is 4. The van der Waals surface area contributed by atoms with Gasteiger partial charge in [0.1, 0.15) is 24.6 Å². The van der Waals surface area contributed by atoms with E-state index < -0.39 is 24.5 Å². The summed E-state index contributed by atoms with van der Waals surface area (Å²) in [4.78, 5) is 12.9. The van der Waals surface area contributed by atoms with Crippen LogP contribution in [-0.2, 0) is 4.74 Å². The second kappa shape index (κ2) is 7.28. The van der Waals surface area contributed by atoms with Crippen LogP contribution in [0.5, 0.6) is 0 Å². The van der Waals surface area contributed by atoms with Gasteiger partial charge in [0, 0.05) is 5.25 Å². The number of fused-ring (bicyclic) bond motifs is 1. The lowest BCUT2D eigenvalue weighted by Crippen LogP contribution is -2.33. The van der Waals surface area contributed by atoms with Crippen LogP contribution in [0.2, 0.25) is 0 Å². The first-order valence-electron chi connectivity index (χ1n) is 8.87. The second-order valence-electron chi connectivity index (χ2n) is 6.80. The molecule has 4 rings (SSSR count). The van der Waals surface area contributed by atoms with Gasteiger partial charge in [-0.05, 0) is 12.8 Å². The normalized spacial score (nSPS) is 30.3. The fourth-order valence-electron chi connectivity index (χ4n) is 3.64. The van der Waals surface area contributed by atoms with Crippen LogP contribution in [0.4, 0.5) is 5.82 Å². The van der Waals surface area contributed by atoms with Crippen LogP contribution in [0.25, 0.3) is 11.2 Å². The molecule has 3 heterocycles. The third-order valence-electron chi connectivity index (χ3n) is 5.07. The highest BCUT2D eigenvalue weighted by Gasteiger charge is 2.45. The van der Waals surface area contributed by atoms with Crippen LogP contribution in [0.15, 0.2) is 11.5 Å². The molecule has 4 atom stereocenters. The lowest BCUT2D eigenvalue weighted by atomic mass is 10.0. The zero-order valence-electron chi connectivity index (χ0n) is 14.2. The first kappa shape index (κ1) is 17.9.